The molecule has 0 aliphatic carbocycles. The van der Waals surface area contributed by atoms with Crippen LogP contribution in [-0.4, -0.2) is 29.5 Å². The summed E-state index contributed by atoms with van der Waals surface area (Å²) >= 11 is 0. The first-order valence-electron chi connectivity index (χ1n) is 6.01. The summed E-state index contributed by atoms with van der Waals surface area (Å²) in [4.78, 5) is 2.14. The van der Waals surface area contributed by atoms with Gasteiger partial charge in [-0.2, -0.15) is 5.10 Å². The lowest BCUT2D eigenvalue weighted by atomic mass is 10.1. The summed E-state index contributed by atoms with van der Waals surface area (Å²) in [6.45, 7) is 0.822. The Bertz CT molecular complexity index is 552. The Morgan fingerprint density at radius 3 is 2.83 bits per heavy atom. The van der Waals surface area contributed by atoms with E-state index in [1.165, 1.54) is 5.56 Å². The second kappa shape index (κ2) is 4.53. The highest BCUT2D eigenvalue weighted by Gasteiger charge is 2.22. The molecule has 18 heavy (non-hydrogen) atoms. The summed E-state index contributed by atoms with van der Waals surface area (Å²) < 4.78 is 0. The highest BCUT2D eigenvalue weighted by atomic mass is 15.6. The van der Waals surface area contributed by atoms with Gasteiger partial charge in [0.15, 0.2) is 5.84 Å². The highest BCUT2D eigenvalue weighted by Crippen LogP contribution is 2.19. The van der Waals surface area contributed by atoms with Crippen LogP contribution in [0.2, 0.25) is 0 Å². The van der Waals surface area contributed by atoms with E-state index >= 15 is 0 Å². The van der Waals surface area contributed by atoms with Crippen molar-refractivity contribution in [3.8, 4) is 0 Å². The number of rotatable bonds is 2. The first-order valence-corrected chi connectivity index (χ1v) is 6.01. The molecule has 0 radical (unpaired) electrons. The molecule has 0 fully saturated rings. The summed E-state index contributed by atoms with van der Waals surface area (Å²) in [5, 5.41) is 6.45. The van der Waals surface area contributed by atoms with Crippen LogP contribution in [0.4, 0.5) is 0 Å². The van der Waals surface area contributed by atoms with Gasteiger partial charge >= 0.3 is 0 Å². The third kappa shape index (κ3) is 2.07. The maximum absolute atomic E-state index is 4.51. The fourth-order valence-electron chi connectivity index (χ4n) is 2.08. The zero-order valence-electron chi connectivity index (χ0n) is 10.3. The van der Waals surface area contributed by atoms with Gasteiger partial charge in [0.1, 0.15) is 6.67 Å². The van der Waals surface area contributed by atoms with E-state index in [-0.39, 0.29) is 0 Å². The van der Waals surface area contributed by atoms with E-state index in [0.29, 0.717) is 0 Å². The Hall–Kier alpha value is -2.29. The van der Waals surface area contributed by atoms with Crippen LogP contribution < -0.4 is 0 Å². The molecule has 0 saturated carbocycles. The first kappa shape index (κ1) is 10.8. The topological polar surface area (TPSA) is 18.8 Å². The van der Waals surface area contributed by atoms with E-state index in [1.54, 1.807) is 0 Å². The van der Waals surface area contributed by atoms with Crippen molar-refractivity contribution in [2.45, 2.75) is 0 Å². The number of nitrogens with zero attached hydrogens (tertiary/aromatic N) is 3. The van der Waals surface area contributed by atoms with Crippen LogP contribution in [0.1, 0.15) is 5.56 Å². The van der Waals surface area contributed by atoms with E-state index < -0.39 is 0 Å². The van der Waals surface area contributed by atoms with Gasteiger partial charge in [0.05, 0.1) is 0 Å². The van der Waals surface area contributed by atoms with Crippen molar-refractivity contribution in [2.75, 3.05) is 13.7 Å². The van der Waals surface area contributed by atoms with Gasteiger partial charge in [0.25, 0.3) is 0 Å². The van der Waals surface area contributed by atoms with E-state index in [4.69, 9.17) is 0 Å². The minimum atomic E-state index is 0.822. The van der Waals surface area contributed by atoms with Gasteiger partial charge in [-0.1, -0.05) is 42.5 Å². The van der Waals surface area contributed by atoms with Crippen molar-refractivity contribution < 1.29 is 0 Å². The second-order valence-electron chi connectivity index (χ2n) is 4.40. The van der Waals surface area contributed by atoms with E-state index in [9.17, 15) is 0 Å². The van der Waals surface area contributed by atoms with E-state index in [2.05, 4.69) is 52.6 Å². The first-order chi connectivity index (χ1) is 8.83. The van der Waals surface area contributed by atoms with Gasteiger partial charge in [-0.3, -0.25) is 5.01 Å². The van der Waals surface area contributed by atoms with Gasteiger partial charge in [0.2, 0.25) is 0 Å². The van der Waals surface area contributed by atoms with Crippen molar-refractivity contribution in [1.29, 1.82) is 0 Å². The molecule has 2 aliphatic rings. The molecule has 90 valence electrons. The summed E-state index contributed by atoms with van der Waals surface area (Å²) in [6, 6.07) is 10.3. The predicted octanol–water partition coefficient (Wildman–Crippen LogP) is 2.67. The zero-order chi connectivity index (χ0) is 12.4. The minimum Gasteiger partial charge on any atom is -0.311 e. The van der Waals surface area contributed by atoms with Crippen LogP contribution in [0.15, 0.2) is 65.4 Å². The zero-order valence-corrected chi connectivity index (χ0v) is 10.3. The van der Waals surface area contributed by atoms with Crippen LogP contribution in [0.5, 0.6) is 0 Å². The number of hydrogen-bond acceptors (Lipinski definition) is 3. The predicted molar refractivity (Wildman–Crippen MR) is 74.6 cm³/mol. The Labute approximate surface area is 107 Å². The molecule has 3 nitrogen and oxygen atoms in total. The second-order valence-corrected chi connectivity index (χ2v) is 4.40. The minimum absolute atomic E-state index is 0.822. The van der Waals surface area contributed by atoms with Crippen molar-refractivity contribution in [3.05, 3.63) is 65.9 Å². The normalized spacial score (nSPS) is 18.1. The van der Waals surface area contributed by atoms with Crippen LogP contribution >= 0.6 is 0 Å². The average Bonchev–Trinajstić information content (AvgIpc) is 2.78. The Kier molecular flexibility index (Phi) is 2.73. The lowest BCUT2D eigenvalue weighted by Crippen LogP contribution is -2.26. The maximum atomic E-state index is 4.51. The van der Waals surface area contributed by atoms with Crippen LogP contribution in [0.3, 0.4) is 0 Å². The van der Waals surface area contributed by atoms with Gasteiger partial charge in [-0.15, -0.1) is 0 Å². The fourth-order valence-corrected chi connectivity index (χ4v) is 2.08. The fraction of sp³-hybridized carbons (Fsp3) is 0.133. The lowest BCUT2D eigenvalue weighted by molar-refractivity contribution is 0.317. The number of fused-ring (bicyclic) bond motifs is 1. The number of allylic oxidation sites excluding steroid dienone is 2. The molecule has 2 aliphatic heterocycles. The Morgan fingerprint density at radius 2 is 2.00 bits per heavy atom. The van der Waals surface area contributed by atoms with Crippen molar-refractivity contribution in [1.82, 2.24) is 9.91 Å². The highest BCUT2D eigenvalue weighted by molar-refractivity contribution is 6.03. The Balaban J connectivity index is 1.85. The van der Waals surface area contributed by atoms with Crippen LogP contribution in [-0.2, 0) is 0 Å². The van der Waals surface area contributed by atoms with Gasteiger partial charge in [-0.25, -0.2) is 0 Å². The summed E-state index contributed by atoms with van der Waals surface area (Å²) in [6.07, 6.45) is 10.4. The van der Waals surface area contributed by atoms with E-state index in [1.807, 2.05) is 30.3 Å². The molecule has 0 unspecified atom stereocenters. The molecule has 0 amide bonds. The molecule has 0 aromatic heterocycles. The largest absolute Gasteiger partial charge is 0.311 e. The summed E-state index contributed by atoms with van der Waals surface area (Å²) in [7, 11) is 1.98. The lowest BCUT2D eigenvalue weighted by Gasteiger charge is -2.18. The smallest absolute Gasteiger partial charge is 0.161 e. The monoisotopic (exact) mass is 237 g/mol. The SMILES string of the molecule is CN1CN2C=CC=C(/C=C/c3ccccc3)C2=N1. The van der Waals surface area contributed by atoms with Crippen molar-refractivity contribution >= 4 is 11.9 Å². The molecule has 1 aromatic carbocycles. The third-order valence-electron chi connectivity index (χ3n) is 2.95. The van der Waals surface area contributed by atoms with Gasteiger partial charge in [0, 0.05) is 18.8 Å². The maximum Gasteiger partial charge on any atom is 0.161 e. The molecule has 2 heterocycles. The standard InChI is InChI=1S/C15H15N3/c1-17-12-18-11-5-8-14(15(18)16-17)10-9-13-6-3-2-4-7-13/h2-11H,12H2,1H3/b10-9+. The molecule has 0 spiro atoms. The molecular weight excluding hydrogens is 222 g/mol. The molecular formula is C15H15N3. The van der Waals surface area contributed by atoms with Crippen LogP contribution in [0.25, 0.3) is 6.08 Å². The van der Waals surface area contributed by atoms with Gasteiger partial charge in [-0.05, 0) is 17.7 Å². The molecule has 3 rings (SSSR count). The third-order valence-corrected chi connectivity index (χ3v) is 2.95. The molecule has 0 saturated heterocycles. The van der Waals surface area contributed by atoms with Crippen molar-refractivity contribution in [3.63, 3.8) is 0 Å². The number of hydrazone groups is 1. The molecule has 3 heteroatoms. The van der Waals surface area contributed by atoms with Crippen LogP contribution in [0, 0.1) is 0 Å². The number of benzene rings is 1. The summed E-state index contributed by atoms with van der Waals surface area (Å²) in [5.74, 6) is 1.02. The molecule has 0 bridgehead atoms. The quantitative estimate of drug-likeness (QED) is 0.787. The average molecular weight is 237 g/mol. The van der Waals surface area contributed by atoms with E-state index in [0.717, 1.165) is 18.1 Å². The number of hydrogen-bond donors (Lipinski definition) is 0. The Morgan fingerprint density at radius 1 is 1.17 bits per heavy atom. The molecule has 0 atom stereocenters. The molecule has 1 aromatic rings. The van der Waals surface area contributed by atoms with Crippen molar-refractivity contribution in [2.24, 2.45) is 5.10 Å². The van der Waals surface area contributed by atoms with Gasteiger partial charge < -0.3 is 4.90 Å². The molecule has 0 N–H and O–H groups in total. The summed E-state index contributed by atoms with van der Waals surface area (Å²) in [5.41, 5.74) is 2.34. The number of amidine groups is 1.